The van der Waals surface area contributed by atoms with Gasteiger partial charge in [0, 0.05) is 31.1 Å². The van der Waals surface area contributed by atoms with Crippen molar-refractivity contribution >= 4 is 23.6 Å². The number of carbonyl (C=O) groups is 2. The summed E-state index contributed by atoms with van der Waals surface area (Å²) in [6, 6.07) is 7.92. The molecule has 1 aromatic carbocycles. The fourth-order valence-electron chi connectivity index (χ4n) is 2.41. The van der Waals surface area contributed by atoms with E-state index < -0.39 is 0 Å². The molecule has 0 aromatic heterocycles. The van der Waals surface area contributed by atoms with Gasteiger partial charge in [-0.3, -0.25) is 14.5 Å². The molecule has 1 atom stereocenters. The third-order valence-corrected chi connectivity index (χ3v) is 5.01. The van der Waals surface area contributed by atoms with Gasteiger partial charge < -0.3 is 10.6 Å². The van der Waals surface area contributed by atoms with Crippen LogP contribution in [0.2, 0.25) is 0 Å². The van der Waals surface area contributed by atoms with Gasteiger partial charge in [-0.25, -0.2) is 0 Å². The molecule has 1 aliphatic rings. The Morgan fingerprint density at radius 1 is 1.18 bits per heavy atom. The molecule has 2 rings (SSSR count). The van der Waals surface area contributed by atoms with Gasteiger partial charge in [-0.05, 0) is 26.0 Å². The Balaban J connectivity index is 1.77. The number of nitrogens with two attached hydrogens (primary N) is 1. The van der Waals surface area contributed by atoms with Crippen LogP contribution in [-0.4, -0.2) is 59.6 Å². The zero-order valence-corrected chi connectivity index (χ0v) is 13.9. The summed E-state index contributed by atoms with van der Waals surface area (Å²) >= 11 is 1.56. The maximum atomic E-state index is 12.2. The predicted molar refractivity (Wildman–Crippen MR) is 88.7 cm³/mol. The van der Waals surface area contributed by atoms with Crippen LogP contribution in [0.5, 0.6) is 0 Å². The van der Waals surface area contributed by atoms with Crippen LogP contribution in [0.25, 0.3) is 0 Å². The van der Waals surface area contributed by atoms with E-state index in [-0.39, 0.29) is 17.9 Å². The van der Waals surface area contributed by atoms with Crippen molar-refractivity contribution in [2.75, 3.05) is 31.9 Å². The summed E-state index contributed by atoms with van der Waals surface area (Å²) < 4.78 is 0. The smallest absolute Gasteiger partial charge is 0.234 e. The van der Waals surface area contributed by atoms with Gasteiger partial charge in [0.2, 0.25) is 11.8 Å². The lowest BCUT2D eigenvalue weighted by Gasteiger charge is -2.36. The molecule has 120 valence electrons. The fourth-order valence-corrected chi connectivity index (χ4v) is 3.21. The van der Waals surface area contributed by atoms with E-state index >= 15 is 0 Å². The van der Waals surface area contributed by atoms with Gasteiger partial charge >= 0.3 is 0 Å². The molecule has 0 radical (unpaired) electrons. The Labute approximate surface area is 135 Å². The number of primary amides is 1. The number of hydrogen-bond acceptors (Lipinski definition) is 4. The van der Waals surface area contributed by atoms with Crippen LogP contribution in [0.1, 0.15) is 12.5 Å². The molecule has 22 heavy (non-hydrogen) atoms. The lowest BCUT2D eigenvalue weighted by molar-refractivity contribution is -0.131. The van der Waals surface area contributed by atoms with Crippen LogP contribution >= 0.6 is 11.8 Å². The summed E-state index contributed by atoms with van der Waals surface area (Å²) in [6.45, 7) is 6.57. The summed E-state index contributed by atoms with van der Waals surface area (Å²) in [5.74, 6) is 0.292. The summed E-state index contributed by atoms with van der Waals surface area (Å²) in [7, 11) is 0. The molecule has 0 saturated carbocycles. The van der Waals surface area contributed by atoms with Crippen molar-refractivity contribution in [2.24, 2.45) is 5.73 Å². The highest BCUT2D eigenvalue weighted by Crippen LogP contribution is 2.19. The van der Waals surface area contributed by atoms with E-state index in [4.69, 9.17) is 5.73 Å². The van der Waals surface area contributed by atoms with Gasteiger partial charge in [-0.2, -0.15) is 0 Å². The average Bonchev–Trinajstić information content (AvgIpc) is 2.53. The zero-order valence-electron chi connectivity index (χ0n) is 13.1. The van der Waals surface area contributed by atoms with E-state index in [2.05, 4.69) is 12.1 Å². The van der Waals surface area contributed by atoms with E-state index in [1.165, 1.54) is 5.56 Å². The molecule has 0 spiro atoms. The number of piperazine rings is 1. The maximum Gasteiger partial charge on any atom is 0.234 e. The first-order chi connectivity index (χ1) is 10.5. The fraction of sp³-hybridized carbons (Fsp3) is 0.500. The minimum Gasteiger partial charge on any atom is -0.368 e. The number of hydrogen-bond donors (Lipinski definition) is 1. The minimum atomic E-state index is -0.310. The highest BCUT2D eigenvalue weighted by molar-refractivity contribution is 8.00. The number of nitrogens with zero attached hydrogens (tertiary/aromatic N) is 2. The molecule has 1 unspecified atom stereocenters. The van der Waals surface area contributed by atoms with Gasteiger partial charge in [-0.1, -0.05) is 17.7 Å². The number of rotatable bonds is 5. The van der Waals surface area contributed by atoms with Crippen molar-refractivity contribution in [2.45, 2.75) is 24.8 Å². The highest BCUT2D eigenvalue weighted by atomic mass is 32.2. The Kier molecular flexibility index (Phi) is 5.85. The van der Waals surface area contributed by atoms with Crippen LogP contribution in [0.4, 0.5) is 0 Å². The van der Waals surface area contributed by atoms with Crippen LogP contribution in [-0.2, 0) is 9.59 Å². The lowest BCUT2D eigenvalue weighted by Crippen LogP contribution is -2.54. The quantitative estimate of drug-likeness (QED) is 0.825. The molecule has 5 nitrogen and oxygen atoms in total. The number of thioether (sulfide) groups is 1. The van der Waals surface area contributed by atoms with Crippen LogP contribution in [0.3, 0.4) is 0 Å². The van der Waals surface area contributed by atoms with Crippen molar-refractivity contribution in [1.82, 2.24) is 9.80 Å². The van der Waals surface area contributed by atoms with E-state index in [0.717, 1.165) is 4.90 Å². The van der Waals surface area contributed by atoms with E-state index in [0.29, 0.717) is 31.9 Å². The molecule has 1 fully saturated rings. The molecule has 1 aromatic rings. The minimum absolute atomic E-state index is 0.150. The standard InChI is InChI=1S/C16H23N3O2S/c1-12-3-5-14(6-4-12)22-11-15(20)19-9-7-18(8-10-19)13(2)16(17)21/h3-6,13H,7-11H2,1-2H3,(H2,17,21). The topological polar surface area (TPSA) is 66.6 Å². The molecule has 1 saturated heterocycles. The molecule has 0 aliphatic carbocycles. The first-order valence-electron chi connectivity index (χ1n) is 7.48. The molecule has 0 bridgehead atoms. The van der Waals surface area contributed by atoms with Crippen molar-refractivity contribution < 1.29 is 9.59 Å². The summed E-state index contributed by atoms with van der Waals surface area (Å²) in [6.07, 6.45) is 0. The largest absolute Gasteiger partial charge is 0.368 e. The normalized spacial score (nSPS) is 17.3. The second-order valence-corrected chi connectivity index (χ2v) is 6.65. The monoisotopic (exact) mass is 321 g/mol. The van der Waals surface area contributed by atoms with Gasteiger partial charge in [0.1, 0.15) is 0 Å². The van der Waals surface area contributed by atoms with Crippen LogP contribution in [0, 0.1) is 6.92 Å². The van der Waals surface area contributed by atoms with Crippen molar-refractivity contribution in [1.29, 1.82) is 0 Å². The van der Waals surface area contributed by atoms with E-state index in [1.54, 1.807) is 11.8 Å². The first kappa shape index (κ1) is 16.8. The predicted octanol–water partition coefficient (Wildman–Crippen LogP) is 1.11. The third-order valence-electron chi connectivity index (χ3n) is 4.01. The molecular formula is C16H23N3O2S. The second-order valence-electron chi connectivity index (χ2n) is 5.60. The summed E-state index contributed by atoms with van der Waals surface area (Å²) in [4.78, 5) is 28.4. The van der Waals surface area contributed by atoms with E-state index in [1.807, 2.05) is 35.8 Å². The summed E-state index contributed by atoms with van der Waals surface area (Å²) in [5, 5.41) is 0. The molecule has 2 N–H and O–H groups in total. The number of amides is 2. The van der Waals surface area contributed by atoms with Crippen LogP contribution < -0.4 is 5.73 Å². The van der Waals surface area contributed by atoms with Gasteiger partial charge in [0.25, 0.3) is 0 Å². The number of benzene rings is 1. The van der Waals surface area contributed by atoms with Crippen LogP contribution in [0.15, 0.2) is 29.2 Å². The SMILES string of the molecule is Cc1ccc(SCC(=O)N2CCN(C(C)C(N)=O)CC2)cc1. The molecule has 2 amide bonds. The summed E-state index contributed by atoms with van der Waals surface area (Å²) in [5.41, 5.74) is 6.54. The maximum absolute atomic E-state index is 12.2. The highest BCUT2D eigenvalue weighted by Gasteiger charge is 2.26. The Morgan fingerprint density at radius 3 is 2.32 bits per heavy atom. The third kappa shape index (κ3) is 4.48. The molecule has 6 heteroatoms. The van der Waals surface area contributed by atoms with Gasteiger partial charge in [0.15, 0.2) is 0 Å². The van der Waals surface area contributed by atoms with E-state index in [9.17, 15) is 9.59 Å². The molecule has 1 heterocycles. The Bertz CT molecular complexity index is 525. The average molecular weight is 321 g/mol. The lowest BCUT2D eigenvalue weighted by atomic mass is 10.2. The number of carbonyl (C=O) groups excluding carboxylic acids is 2. The number of aryl methyl sites for hydroxylation is 1. The zero-order chi connectivity index (χ0) is 16.1. The first-order valence-corrected chi connectivity index (χ1v) is 8.46. The second kappa shape index (κ2) is 7.65. The van der Waals surface area contributed by atoms with Crippen molar-refractivity contribution in [3.05, 3.63) is 29.8 Å². The van der Waals surface area contributed by atoms with Gasteiger partial charge in [-0.15, -0.1) is 11.8 Å². The van der Waals surface area contributed by atoms with Crippen molar-refractivity contribution in [3.8, 4) is 0 Å². The van der Waals surface area contributed by atoms with Crippen molar-refractivity contribution in [3.63, 3.8) is 0 Å². The Hall–Kier alpha value is -1.53. The Morgan fingerprint density at radius 2 is 1.77 bits per heavy atom. The molecule has 1 aliphatic heterocycles. The molecular weight excluding hydrogens is 298 g/mol. The van der Waals surface area contributed by atoms with Gasteiger partial charge in [0.05, 0.1) is 11.8 Å².